The minimum absolute atomic E-state index is 0.0669. The summed E-state index contributed by atoms with van der Waals surface area (Å²) in [5.41, 5.74) is 4.43. The van der Waals surface area contributed by atoms with Crippen LogP contribution in [0.15, 0.2) is 35.6 Å². The Balaban J connectivity index is 2.07. The number of carbonyl (C=O) groups excluding carboxylic acids is 1. The summed E-state index contributed by atoms with van der Waals surface area (Å²) < 4.78 is 34.7. The van der Waals surface area contributed by atoms with E-state index in [9.17, 15) is 4.79 Å². The number of ether oxygens (including phenoxy) is 6. The van der Waals surface area contributed by atoms with Crippen molar-refractivity contribution in [2.24, 2.45) is 0 Å². The number of hydrogen-bond acceptors (Lipinski definition) is 7. The highest BCUT2D eigenvalue weighted by molar-refractivity contribution is 6.83. The monoisotopic (exact) mass is 520 g/mol. The zero-order valence-electron chi connectivity index (χ0n) is 23.6. The van der Waals surface area contributed by atoms with E-state index in [1.807, 2.05) is 32.9 Å². The van der Waals surface area contributed by atoms with Crippen molar-refractivity contribution in [1.82, 2.24) is 0 Å². The lowest BCUT2D eigenvalue weighted by molar-refractivity contribution is -0.207. The molecule has 1 saturated heterocycles. The highest BCUT2D eigenvalue weighted by atomic mass is 28.3. The van der Waals surface area contributed by atoms with Crippen LogP contribution in [0.3, 0.4) is 0 Å². The predicted octanol–water partition coefficient (Wildman–Crippen LogP) is 5.28. The summed E-state index contributed by atoms with van der Waals surface area (Å²) in [5, 5.41) is 0. The second kappa shape index (κ2) is 12.6. The molecule has 202 valence electrons. The first-order valence-electron chi connectivity index (χ1n) is 12.5. The summed E-state index contributed by atoms with van der Waals surface area (Å²) in [6, 6.07) is 0. The van der Waals surface area contributed by atoms with E-state index in [1.54, 1.807) is 28.1 Å². The molecule has 0 bridgehead atoms. The van der Waals surface area contributed by atoms with Gasteiger partial charge in [-0.3, -0.25) is 0 Å². The number of rotatable bonds is 10. The number of allylic oxidation sites excluding steroid dienone is 2. The number of esters is 1. The van der Waals surface area contributed by atoms with Gasteiger partial charge >= 0.3 is 5.97 Å². The quantitative estimate of drug-likeness (QED) is 0.168. The van der Waals surface area contributed by atoms with Crippen LogP contribution in [-0.4, -0.2) is 64.3 Å². The minimum Gasteiger partial charge on any atom is -0.457 e. The van der Waals surface area contributed by atoms with E-state index in [4.69, 9.17) is 28.4 Å². The van der Waals surface area contributed by atoms with Gasteiger partial charge in [-0.25, -0.2) is 4.79 Å². The molecular formula is C28H44O7Si. The summed E-state index contributed by atoms with van der Waals surface area (Å²) in [6.45, 7) is 16.0. The first kappa shape index (κ1) is 30.3. The number of methoxy groups -OCH3 is 2. The summed E-state index contributed by atoms with van der Waals surface area (Å²) in [5.74, 6) is 1.68. The van der Waals surface area contributed by atoms with Gasteiger partial charge in [-0.15, -0.1) is 11.5 Å². The average Bonchev–Trinajstić information content (AvgIpc) is 3.00. The fourth-order valence-corrected chi connectivity index (χ4v) is 4.66. The van der Waals surface area contributed by atoms with Crippen LogP contribution in [0.4, 0.5) is 0 Å². The second-order valence-corrected chi connectivity index (χ2v) is 16.0. The van der Waals surface area contributed by atoms with Crippen molar-refractivity contribution in [2.75, 3.05) is 14.2 Å². The van der Waals surface area contributed by atoms with Gasteiger partial charge in [0.15, 0.2) is 5.79 Å². The van der Waals surface area contributed by atoms with E-state index in [2.05, 4.69) is 37.2 Å². The molecule has 0 aromatic heterocycles. The van der Waals surface area contributed by atoms with E-state index >= 15 is 0 Å². The van der Waals surface area contributed by atoms with Crippen LogP contribution in [0.1, 0.15) is 53.9 Å². The van der Waals surface area contributed by atoms with Gasteiger partial charge in [-0.2, -0.15) is 0 Å². The molecule has 0 amide bonds. The molecule has 0 unspecified atom stereocenters. The lowest BCUT2D eigenvalue weighted by Gasteiger charge is -2.32. The van der Waals surface area contributed by atoms with Gasteiger partial charge in [0.1, 0.15) is 19.9 Å². The highest BCUT2D eigenvalue weighted by Crippen LogP contribution is 2.34. The van der Waals surface area contributed by atoms with Gasteiger partial charge in [-0.1, -0.05) is 43.4 Å². The lowest BCUT2D eigenvalue weighted by Crippen LogP contribution is -2.36. The van der Waals surface area contributed by atoms with Gasteiger partial charge in [0.05, 0.1) is 24.4 Å². The van der Waals surface area contributed by atoms with Crippen molar-refractivity contribution in [3.05, 3.63) is 35.6 Å². The van der Waals surface area contributed by atoms with Crippen molar-refractivity contribution in [3.8, 4) is 11.5 Å². The first-order chi connectivity index (χ1) is 16.6. The van der Waals surface area contributed by atoms with Crippen LogP contribution < -0.4 is 0 Å². The van der Waals surface area contributed by atoms with E-state index in [1.165, 1.54) is 6.08 Å². The number of hydrogen-bond donors (Lipinski definition) is 0. The van der Waals surface area contributed by atoms with Gasteiger partial charge in [0.25, 0.3) is 0 Å². The molecule has 1 fully saturated rings. The molecule has 0 aromatic carbocycles. The molecule has 0 aliphatic carbocycles. The van der Waals surface area contributed by atoms with Crippen LogP contribution in [0, 0.1) is 11.5 Å². The van der Waals surface area contributed by atoms with Crippen LogP contribution in [-0.2, 0) is 33.2 Å². The Labute approximate surface area is 218 Å². The van der Waals surface area contributed by atoms with Crippen LogP contribution in [0.25, 0.3) is 0 Å². The molecule has 0 saturated carbocycles. The SMILES string of the molecule is CO[C@@H](CC1=CC(=O)OC(C)(C)O1)C[C@H]1OC(C)(C)O[C@@H]1/C=C(C)/C=C/[C@@H](CC#C[Si](C)(C)C)OC. The average molecular weight is 521 g/mol. The van der Waals surface area contributed by atoms with Gasteiger partial charge < -0.3 is 28.4 Å². The van der Waals surface area contributed by atoms with Gasteiger partial charge in [-0.05, 0) is 20.8 Å². The molecule has 2 aliphatic rings. The molecular weight excluding hydrogens is 476 g/mol. The van der Waals surface area contributed by atoms with E-state index in [0.717, 1.165) is 5.57 Å². The summed E-state index contributed by atoms with van der Waals surface area (Å²) in [7, 11) is 1.95. The highest BCUT2D eigenvalue weighted by Gasteiger charge is 2.41. The second-order valence-electron chi connectivity index (χ2n) is 11.3. The summed E-state index contributed by atoms with van der Waals surface area (Å²) in [6.07, 6.45) is 8.42. The smallest absolute Gasteiger partial charge is 0.337 e. The van der Waals surface area contributed by atoms with Crippen molar-refractivity contribution in [1.29, 1.82) is 0 Å². The Morgan fingerprint density at radius 1 is 1.11 bits per heavy atom. The standard InChI is InChI=1S/C28H44O7Si/c1-20(13-14-21(30-6)12-11-15-36(8,9)10)16-24-25(34-28(4,5)33-24)18-22(31-7)17-23-19-26(29)35-27(2,3)32-23/h13-14,16,19,21-22,24-25H,12,17-18H2,1-10H3/b14-13+,20-16+/t21-,22+,24-,25-/m1/s1. The zero-order valence-corrected chi connectivity index (χ0v) is 24.6. The molecule has 7 nitrogen and oxygen atoms in total. The van der Waals surface area contributed by atoms with E-state index < -0.39 is 25.6 Å². The molecule has 0 aromatic rings. The third-order valence-corrected chi connectivity index (χ3v) is 6.48. The molecule has 0 radical (unpaired) electrons. The van der Waals surface area contributed by atoms with Crippen LogP contribution in [0.2, 0.25) is 19.6 Å². The molecule has 0 spiro atoms. The minimum atomic E-state index is -1.40. The third-order valence-electron chi connectivity index (χ3n) is 5.55. The Kier molecular flexibility index (Phi) is 10.6. The number of carbonyl (C=O) groups is 1. The fraction of sp³-hybridized carbons (Fsp3) is 0.679. The van der Waals surface area contributed by atoms with E-state index in [0.29, 0.717) is 25.0 Å². The maximum absolute atomic E-state index is 11.9. The lowest BCUT2D eigenvalue weighted by atomic mass is 10.0. The van der Waals surface area contributed by atoms with Crippen molar-refractivity contribution < 1.29 is 33.2 Å². The maximum Gasteiger partial charge on any atom is 0.337 e. The summed E-state index contributed by atoms with van der Waals surface area (Å²) in [4.78, 5) is 11.9. The van der Waals surface area contributed by atoms with Crippen molar-refractivity contribution in [2.45, 2.75) is 110 Å². The third kappa shape index (κ3) is 10.6. The molecule has 2 rings (SSSR count). The van der Waals surface area contributed by atoms with E-state index in [-0.39, 0.29) is 24.4 Å². The molecule has 0 N–H and O–H groups in total. The maximum atomic E-state index is 11.9. The Morgan fingerprint density at radius 2 is 1.81 bits per heavy atom. The normalized spacial score (nSPS) is 25.4. The largest absolute Gasteiger partial charge is 0.457 e. The predicted molar refractivity (Wildman–Crippen MR) is 143 cm³/mol. The Bertz CT molecular complexity index is 914. The first-order valence-corrected chi connectivity index (χ1v) is 16.0. The molecule has 4 atom stereocenters. The topological polar surface area (TPSA) is 72.5 Å². The van der Waals surface area contributed by atoms with Gasteiger partial charge in [0.2, 0.25) is 5.79 Å². The van der Waals surface area contributed by atoms with Gasteiger partial charge in [0, 0.05) is 47.3 Å². The number of cyclic esters (lactones) is 1. The zero-order chi connectivity index (χ0) is 27.1. The molecule has 8 heteroatoms. The van der Waals surface area contributed by atoms with Crippen LogP contribution >= 0.6 is 0 Å². The van der Waals surface area contributed by atoms with Crippen molar-refractivity contribution >= 4 is 14.0 Å². The molecule has 2 aliphatic heterocycles. The molecule has 2 heterocycles. The van der Waals surface area contributed by atoms with Crippen molar-refractivity contribution in [3.63, 3.8) is 0 Å². The Morgan fingerprint density at radius 3 is 2.39 bits per heavy atom. The fourth-order valence-electron chi connectivity index (χ4n) is 4.02. The molecule has 36 heavy (non-hydrogen) atoms. The van der Waals surface area contributed by atoms with Crippen LogP contribution in [0.5, 0.6) is 0 Å². The summed E-state index contributed by atoms with van der Waals surface area (Å²) >= 11 is 0. The Hall–Kier alpha value is -1.89.